The Hall–Kier alpha value is -3.10. The van der Waals surface area contributed by atoms with Crippen LogP contribution in [0.15, 0.2) is 70.7 Å². The molecule has 0 radical (unpaired) electrons. The van der Waals surface area contributed by atoms with Crippen LogP contribution in [0.1, 0.15) is 5.56 Å². The largest absolute Gasteiger partial charge is 0.497 e. The van der Waals surface area contributed by atoms with Crippen molar-refractivity contribution >= 4 is 38.2 Å². The Labute approximate surface area is 179 Å². The fraction of sp³-hybridized carbons (Fsp3) is 0.143. The highest BCUT2D eigenvalue weighted by atomic mass is 35.5. The minimum atomic E-state index is -3.74. The maximum atomic E-state index is 12.6. The quantitative estimate of drug-likeness (QED) is 0.447. The predicted octanol–water partition coefficient (Wildman–Crippen LogP) is 4.11. The van der Waals surface area contributed by atoms with Gasteiger partial charge < -0.3 is 15.0 Å². The predicted molar refractivity (Wildman–Crippen MR) is 116 cm³/mol. The number of H-pyrrole nitrogens is 1. The molecule has 0 aliphatic carbocycles. The Morgan fingerprint density at radius 2 is 1.87 bits per heavy atom. The van der Waals surface area contributed by atoms with E-state index in [1.165, 1.54) is 30.3 Å². The van der Waals surface area contributed by atoms with Crippen molar-refractivity contribution in [3.05, 3.63) is 71.4 Å². The van der Waals surface area contributed by atoms with Crippen molar-refractivity contribution in [1.82, 2.24) is 15.2 Å². The third-order valence-corrected chi connectivity index (χ3v) is 6.63. The second-order valence-corrected chi connectivity index (χ2v) is 8.95. The number of aromatic nitrogens is 3. The summed E-state index contributed by atoms with van der Waals surface area (Å²) in [5.41, 5.74) is 2.19. The van der Waals surface area contributed by atoms with Gasteiger partial charge in [-0.25, -0.2) is 8.42 Å². The molecular weight excluding hydrogens is 424 g/mol. The van der Waals surface area contributed by atoms with E-state index in [9.17, 15) is 8.42 Å². The maximum Gasteiger partial charge on any atom is 0.225 e. The van der Waals surface area contributed by atoms with Crippen molar-refractivity contribution < 1.29 is 13.2 Å². The number of methoxy groups -OCH3 is 1. The van der Waals surface area contributed by atoms with E-state index in [0.29, 0.717) is 17.4 Å². The standard InChI is InChI=1S/C21H19ClN4O3S/c1-29-16-4-7-19-18(12-16)14(13-24-19)10-11-23-20-8-9-21(26-25-20)30(27,28)17-5-2-15(22)3-6-17/h2-9,12-13,24H,10-11H2,1H3,(H,23,25). The first-order valence-corrected chi connectivity index (χ1v) is 11.1. The molecule has 154 valence electrons. The number of rotatable bonds is 7. The number of hydrogen-bond acceptors (Lipinski definition) is 6. The molecule has 30 heavy (non-hydrogen) atoms. The molecule has 0 aliphatic heterocycles. The van der Waals surface area contributed by atoms with Crippen LogP contribution in [0.25, 0.3) is 10.9 Å². The molecule has 0 saturated carbocycles. The molecule has 0 unspecified atom stereocenters. The molecular formula is C21H19ClN4O3S. The van der Waals surface area contributed by atoms with Gasteiger partial charge in [-0.2, -0.15) is 0 Å². The summed E-state index contributed by atoms with van der Waals surface area (Å²) in [5, 5.41) is 12.5. The van der Waals surface area contributed by atoms with E-state index in [0.717, 1.165) is 28.6 Å². The van der Waals surface area contributed by atoms with Crippen LogP contribution in [0.5, 0.6) is 5.75 Å². The highest BCUT2D eigenvalue weighted by Crippen LogP contribution is 2.24. The summed E-state index contributed by atoms with van der Waals surface area (Å²) in [6.07, 6.45) is 2.72. The molecule has 4 rings (SSSR count). The number of halogens is 1. The average Bonchev–Trinajstić information content (AvgIpc) is 3.16. The molecule has 2 aromatic heterocycles. The minimum absolute atomic E-state index is 0.112. The topological polar surface area (TPSA) is 97.0 Å². The molecule has 7 nitrogen and oxygen atoms in total. The number of aromatic amines is 1. The number of benzene rings is 2. The summed E-state index contributed by atoms with van der Waals surface area (Å²) in [4.78, 5) is 3.37. The molecule has 0 atom stereocenters. The van der Waals surface area contributed by atoms with Gasteiger partial charge in [0.05, 0.1) is 12.0 Å². The molecule has 0 amide bonds. The van der Waals surface area contributed by atoms with Crippen LogP contribution in [-0.4, -0.2) is 37.3 Å². The van der Waals surface area contributed by atoms with Crippen LogP contribution in [0, 0.1) is 0 Å². The fourth-order valence-corrected chi connectivity index (χ4v) is 4.37. The molecule has 2 aromatic carbocycles. The Morgan fingerprint density at radius 1 is 1.07 bits per heavy atom. The van der Waals surface area contributed by atoms with Gasteiger partial charge in [-0.15, -0.1) is 10.2 Å². The first kappa shape index (κ1) is 20.2. The summed E-state index contributed by atoms with van der Waals surface area (Å²) in [5.74, 6) is 1.31. The van der Waals surface area contributed by atoms with E-state index in [4.69, 9.17) is 16.3 Å². The molecule has 2 N–H and O–H groups in total. The lowest BCUT2D eigenvalue weighted by Gasteiger charge is -2.07. The van der Waals surface area contributed by atoms with Gasteiger partial charge in [-0.3, -0.25) is 0 Å². The molecule has 0 bridgehead atoms. The number of anilines is 1. The molecule has 0 aliphatic rings. The smallest absolute Gasteiger partial charge is 0.225 e. The lowest BCUT2D eigenvalue weighted by molar-refractivity contribution is 0.415. The van der Waals surface area contributed by atoms with E-state index >= 15 is 0 Å². The number of hydrogen-bond donors (Lipinski definition) is 2. The van der Waals surface area contributed by atoms with Gasteiger partial charge in [0.1, 0.15) is 11.6 Å². The SMILES string of the molecule is COc1ccc2[nH]cc(CCNc3ccc(S(=O)(=O)c4ccc(Cl)cc4)nn3)c2c1. The van der Waals surface area contributed by atoms with E-state index in [1.54, 1.807) is 13.2 Å². The average molecular weight is 443 g/mol. The number of sulfone groups is 1. The Morgan fingerprint density at radius 3 is 2.57 bits per heavy atom. The van der Waals surface area contributed by atoms with E-state index in [-0.39, 0.29) is 9.92 Å². The van der Waals surface area contributed by atoms with Crippen LogP contribution >= 0.6 is 11.6 Å². The Balaban J connectivity index is 1.42. The summed E-state index contributed by atoms with van der Waals surface area (Å²) in [6.45, 7) is 0.613. The molecule has 0 spiro atoms. The van der Waals surface area contributed by atoms with Crippen molar-refractivity contribution in [3.63, 3.8) is 0 Å². The zero-order chi connectivity index (χ0) is 21.1. The minimum Gasteiger partial charge on any atom is -0.497 e. The summed E-state index contributed by atoms with van der Waals surface area (Å²) >= 11 is 5.82. The van der Waals surface area contributed by atoms with E-state index in [2.05, 4.69) is 20.5 Å². The molecule has 2 heterocycles. The number of nitrogens with one attached hydrogen (secondary N) is 2. The lowest BCUT2D eigenvalue weighted by Crippen LogP contribution is -2.09. The number of ether oxygens (including phenoxy) is 1. The van der Waals surface area contributed by atoms with Crippen molar-refractivity contribution in [3.8, 4) is 5.75 Å². The zero-order valence-electron chi connectivity index (χ0n) is 16.1. The van der Waals surface area contributed by atoms with Crippen molar-refractivity contribution in [2.75, 3.05) is 19.0 Å². The van der Waals surface area contributed by atoms with Crippen LogP contribution in [0.4, 0.5) is 5.82 Å². The number of nitrogens with zero attached hydrogens (tertiary/aromatic N) is 2. The van der Waals surface area contributed by atoms with Gasteiger partial charge in [0.25, 0.3) is 0 Å². The molecule has 9 heteroatoms. The second kappa shape index (κ2) is 8.33. The van der Waals surface area contributed by atoms with Crippen LogP contribution in [0.3, 0.4) is 0 Å². The van der Waals surface area contributed by atoms with Gasteiger partial charge in [0.2, 0.25) is 9.84 Å². The molecule has 0 saturated heterocycles. The van der Waals surface area contributed by atoms with E-state index in [1.807, 2.05) is 24.4 Å². The first-order chi connectivity index (χ1) is 14.5. The molecule has 4 aromatic rings. The molecule has 0 fully saturated rings. The van der Waals surface area contributed by atoms with Gasteiger partial charge in [-0.1, -0.05) is 11.6 Å². The Bertz CT molecular complexity index is 1270. The normalized spacial score (nSPS) is 11.5. The maximum absolute atomic E-state index is 12.6. The lowest BCUT2D eigenvalue weighted by atomic mass is 10.1. The zero-order valence-corrected chi connectivity index (χ0v) is 17.7. The van der Waals surface area contributed by atoms with Gasteiger partial charge in [-0.05, 0) is 66.6 Å². The van der Waals surface area contributed by atoms with Crippen molar-refractivity contribution in [2.24, 2.45) is 0 Å². The summed E-state index contributed by atoms with van der Waals surface area (Å²) in [7, 11) is -2.09. The van der Waals surface area contributed by atoms with Crippen molar-refractivity contribution in [1.29, 1.82) is 0 Å². The second-order valence-electron chi connectivity index (χ2n) is 6.62. The summed E-state index contributed by atoms with van der Waals surface area (Å²) < 4.78 is 30.5. The Kier molecular flexibility index (Phi) is 5.61. The first-order valence-electron chi connectivity index (χ1n) is 9.19. The summed E-state index contributed by atoms with van der Waals surface area (Å²) in [6, 6.07) is 14.9. The van der Waals surface area contributed by atoms with E-state index < -0.39 is 9.84 Å². The number of fused-ring (bicyclic) bond motifs is 1. The third kappa shape index (κ3) is 4.10. The fourth-order valence-electron chi connectivity index (χ4n) is 3.11. The van der Waals surface area contributed by atoms with Gasteiger partial charge >= 0.3 is 0 Å². The van der Waals surface area contributed by atoms with Gasteiger partial charge in [0, 0.05) is 28.7 Å². The highest BCUT2D eigenvalue weighted by Gasteiger charge is 2.19. The third-order valence-electron chi connectivity index (χ3n) is 4.71. The van der Waals surface area contributed by atoms with Crippen LogP contribution < -0.4 is 10.1 Å². The van der Waals surface area contributed by atoms with Crippen LogP contribution in [-0.2, 0) is 16.3 Å². The highest BCUT2D eigenvalue weighted by molar-refractivity contribution is 7.91. The van der Waals surface area contributed by atoms with Crippen molar-refractivity contribution in [2.45, 2.75) is 16.3 Å². The van der Waals surface area contributed by atoms with Crippen LogP contribution in [0.2, 0.25) is 5.02 Å². The monoisotopic (exact) mass is 442 g/mol. The van der Waals surface area contributed by atoms with Gasteiger partial charge in [0.15, 0.2) is 5.03 Å².